The first kappa shape index (κ1) is 8.74. The molecule has 72 valence electrons. The number of hydrogen-bond donors (Lipinski definition) is 1. The summed E-state index contributed by atoms with van der Waals surface area (Å²) in [6.45, 7) is 1.85. The summed E-state index contributed by atoms with van der Waals surface area (Å²) < 4.78 is 5.13. The number of pyridine rings is 1. The van der Waals surface area contributed by atoms with Crippen molar-refractivity contribution in [3.05, 3.63) is 41.5 Å². The Morgan fingerprint density at radius 3 is 2.86 bits per heavy atom. The number of hydrogen-bond acceptors (Lipinski definition) is 4. The van der Waals surface area contributed by atoms with Crippen LogP contribution in [0, 0.1) is 6.92 Å². The molecule has 2 N–H and O–H groups in total. The standard InChI is InChI=1S/C10H11N3O/c1-7-9(13-10(11)14-7)6-8-4-2-3-5-12-8/h2-5H,6H2,1H3,(H2,11,13). The fourth-order valence-corrected chi connectivity index (χ4v) is 1.29. The highest BCUT2D eigenvalue weighted by atomic mass is 16.4. The van der Waals surface area contributed by atoms with Crippen LogP contribution < -0.4 is 5.73 Å². The van der Waals surface area contributed by atoms with Gasteiger partial charge in [-0.2, -0.15) is 4.98 Å². The zero-order chi connectivity index (χ0) is 9.97. The number of oxazole rings is 1. The average Bonchev–Trinajstić information content (AvgIpc) is 2.47. The minimum atomic E-state index is 0.216. The average molecular weight is 189 g/mol. The van der Waals surface area contributed by atoms with Crippen molar-refractivity contribution < 1.29 is 4.42 Å². The number of rotatable bonds is 2. The van der Waals surface area contributed by atoms with Gasteiger partial charge in [0.15, 0.2) is 0 Å². The molecule has 0 fully saturated rings. The van der Waals surface area contributed by atoms with Gasteiger partial charge in [-0.05, 0) is 19.1 Å². The minimum Gasteiger partial charge on any atom is -0.429 e. The Bertz CT molecular complexity index is 422. The third-order valence-corrected chi connectivity index (χ3v) is 1.98. The summed E-state index contributed by atoms with van der Waals surface area (Å²) in [5.74, 6) is 0.758. The normalized spacial score (nSPS) is 10.4. The molecule has 0 atom stereocenters. The third-order valence-electron chi connectivity index (χ3n) is 1.98. The van der Waals surface area contributed by atoms with E-state index in [1.807, 2.05) is 25.1 Å². The van der Waals surface area contributed by atoms with Gasteiger partial charge >= 0.3 is 0 Å². The first-order chi connectivity index (χ1) is 6.75. The lowest BCUT2D eigenvalue weighted by Crippen LogP contribution is -1.93. The van der Waals surface area contributed by atoms with Gasteiger partial charge < -0.3 is 10.2 Å². The number of nitrogens with two attached hydrogens (primary N) is 1. The van der Waals surface area contributed by atoms with Crippen LogP contribution in [0.1, 0.15) is 17.1 Å². The van der Waals surface area contributed by atoms with E-state index in [2.05, 4.69) is 9.97 Å². The third kappa shape index (κ3) is 1.74. The lowest BCUT2D eigenvalue weighted by Gasteiger charge is -1.95. The summed E-state index contributed by atoms with van der Waals surface area (Å²) in [4.78, 5) is 8.28. The van der Waals surface area contributed by atoms with Gasteiger partial charge in [-0.1, -0.05) is 6.07 Å². The molecule has 2 heterocycles. The van der Waals surface area contributed by atoms with Crippen molar-refractivity contribution in [1.29, 1.82) is 0 Å². The molecule has 0 saturated heterocycles. The molecule has 4 heteroatoms. The predicted molar refractivity (Wildman–Crippen MR) is 52.7 cm³/mol. The molecule has 0 saturated carbocycles. The lowest BCUT2D eigenvalue weighted by molar-refractivity contribution is 0.545. The fraction of sp³-hybridized carbons (Fsp3) is 0.200. The summed E-state index contributed by atoms with van der Waals surface area (Å²) >= 11 is 0. The zero-order valence-electron chi connectivity index (χ0n) is 7.90. The van der Waals surface area contributed by atoms with Gasteiger partial charge in [0, 0.05) is 18.3 Å². The first-order valence-corrected chi connectivity index (χ1v) is 4.37. The highest BCUT2D eigenvalue weighted by Crippen LogP contribution is 2.14. The van der Waals surface area contributed by atoms with Gasteiger partial charge in [-0.25, -0.2) is 0 Å². The highest BCUT2D eigenvalue weighted by Gasteiger charge is 2.07. The van der Waals surface area contributed by atoms with Crippen molar-refractivity contribution in [3.63, 3.8) is 0 Å². The Hall–Kier alpha value is -1.84. The maximum Gasteiger partial charge on any atom is 0.292 e. The van der Waals surface area contributed by atoms with E-state index in [1.165, 1.54) is 0 Å². The SMILES string of the molecule is Cc1oc(N)nc1Cc1ccccn1. The van der Waals surface area contributed by atoms with Gasteiger partial charge in [-0.15, -0.1) is 0 Å². The Morgan fingerprint density at radius 2 is 2.29 bits per heavy atom. The van der Waals surface area contributed by atoms with E-state index < -0.39 is 0 Å². The maximum absolute atomic E-state index is 5.43. The second-order valence-electron chi connectivity index (χ2n) is 3.05. The molecule has 0 aliphatic carbocycles. The van der Waals surface area contributed by atoms with Crippen LogP contribution in [0.2, 0.25) is 0 Å². The quantitative estimate of drug-likeness (QED) is 0.778. The second kappa shape index (κ2) is 3.49. The smallest absolute Gasteiger partial charge is 0.292 e. The van der Waals surface area contributed by atoms with Gasteiger partial charge in [0.2, 0.25) is 0 Å². The molecule has 0 amide bonds. The van der Waals surface area contributed by atoms with Crippen LogP contribution in [-0.2, 0) is 6.42 Å². The van der Waals surface area contributed by atoms with E-state index in [0.29, 0.717) is 6.42 Å². The molecule has 0 unspecified atom stereocenters. The van der Waals surface area contributed by atoms with Crippen molar-refractivity contribution in [3.8, 4) is 0 Å². The van der Waals surface area contributed by atoms with Crippen LogP contribution in [0.5, 0.6) is 0 Å². The predicted octanol–water partition coefficient (Wildman–Crippen LogP) is 1.55. The molecular formula is C10H11N3O. The van der Waals surface area contributed by atoms with Crippen LogP contribution in [0.3, 0.4) is 0 Å². The molecule has 14 heavy (non-hydrogen) atoms. The van der Waals surface area contributed by atoms with Crippen LogP contribution in [-0.4, -0.2) is 9.97 Å². The first-order valence-electron chi connectivity index (χ1n) is 4.37. The van der Waals surface area contributed by atoms with E-state index in [4.69, 9.17) is 10.2 Å². The molecule has 2 rings (SSSR count). The van der Waals surface area contributed by atoms with E-state index in [0.717, 1.165) is 17.1 Å². The number of nitrogen functional groups attached to an aromatic ring is 1. The Labute approximate surface area is 81.8 Å². The monoisotopic (exact) mass is 189 g/mol. The highest BCUT2D eigenvalue weighted by molar-refractivity contribution is 5.23. The van der Waals surface area contributed by atoms with Crippen molar-refractivity contribution in [2.45, 2.75) is 13.3 Å². The number of aromatic nitrogens is 2. The lowest BCUT2D eigenvalue weighted by atomic mass is 10.2. The number of aryl methyl sites for hydroxylation is 1. The van der Waals surface area contributed by atoms with Crippen molar-refractivity contribution >= 4 is 6.01 Å². The zero-order valence-corrected chi connectivity index (χ0v) is 7.90. The Morgan fingerprint density at radius 1 is 1.43 bits per heavy atom. The van der Waals surface area contributed by atoms with Crippen molar-refractivity contribution in [2.24, 2.45) is 0 Å². The molecule has 0 aromatic carbocycles. The summed E-state index contributed by atoms with van der Waals surface area (Å²) in [7, 11) is 0. The fourth-order valence-electron chi connectivity index (χ4n) is 1.29. The minimum absolute atomic E-state index is 0.216. The molecule has 2 aromatic rings. The maximum atomic E-state index is 5.43. The number of nitrogens with zero attached hydrogens (tertiary/aromatic N) is 2. The largest absolute Gasteiger partial charge is 0.429 e. The van der Waals surface area contributed by atoms with Crippen molar-refractivity contribution in [1.82, 2.24) is 9.97 Å². The van der Waals surface area contributed by atoms with Gasteiger partial charge in [-0.3, -0.25) is 4.98 Å². The van der Waals surface area contributed by atoms with E-state index in [9.17, 15) is 0 Å². The Balaban J connectivity index is 2.23. The topological polar surface area (TPSA) is 64.9 Å². The molecule has 4 nitrogen and oxygen atoms in total. The summed E-state index contributed by atoms with van der Waals surface area (Å²) in [5, 5.41) is 0. The number of anilines is 1. The Kier molecular flexibility index (Phi) is 2.18. The summed E-state index contributed by atoms with van der Waals surface area (Å²) in [6, 6.07) is 5.99. The van der Waals surface area contributed by atoms with E-state index in [1.54, 1.807) is 6.20 Å². The molecule has 0 spiro atoms. The van der Waals surface area contributed by atoms with Gasteiger partial charge in [0.25, 0.3) is 6.01 Å². The van der Waals surface area contributed by atoms with Gasteiger partial charge in [0.1, 0.15) is 5.76 Å². The molecule has 0 aliphatic heterocycles. The van der Waals surface area contributed by atoms with E-state index >= 15 is 0 Å². The second-order valence-corrected chi connectivity index (χ2v) is 3.05. The summed E-state index contributed by atoms with van der Waals surface area (Å²) in [6.07, 6.45) is 2.42. The van der Waals surface area contributed by atoms with E-state index in [-0.39, 0.29) is 6.01 Å². The van der Waals surface area contributed by atoms with Crippen molar-refractivity contribution in [2.75, 3.05) is 5.73 Å². The molecule has 0 bridgehead atoms. The van der Waals surface area contributed by atoms with Crippen LogP contribution in [0.25, 0.3) is 0 Å². The molecular weight excluding hydrogens is 178 g/mol. The van der Waals surface area contributed by atoms with Crippen LogP contribution >= 0.6 is 0 Å². The molecule has 0 radical (unpaired) electrons. The van der Waals surface area contributed by atoms with Gasteiger partial charge in [0.05, 0.1) is 5.69 Å². The summed E-state index contributed by atoms with van der Waals surface area (Å²) in [5.41, 5.74) is 7.25. The molecule has 0 aliphatic rings. The van der Waals surface area contributed by atoms with Crippen LogP contribution in [0.4, 0.5) is 6.01 Å². The van der Waals surface area contributed by atoms with Crippen LogP contribution in [0.15, 0.2) is 28.8 Å². The molecule has 2 aromatic heterocycles.